The van der Waals surface area contributed by atoms with Gasteiger partial charge in [0.25, 0.3) is 11.8 Å². The van der Waals surface area contributed by atoms with Gasteiger partial charge in [0.05, 0.1) is 4.90 Å². The molecule has 3 rings (SSSR count). The highest BCUT2D eigenvalue weighted by atomic mass is 32.2. The summed E-state index contributed by atoms with van der Waals surface area (Å²) in [5.74, 6) is -1.24. The average Bonchev–Trinajstić information content (AvgIpc) is 2.82. The van der Waals surface area contributed by atoms with Gasteiger partial charge in [-0.15, -0.1) is 0 Å². The van der Waals surface area contributed by atoms with Crippen LogP contribution in [-0.2, 0) is 16.6 Å². The molecule has 0 atom stereocenters. The molecule has 0 aliphatic carbocycles. The first-order chi connectivity index (χ1) is 16.1. The zero-order valence-electron chi connectivity index (χ0n) is 19.1. The predicted molar refractivity (Wildman–Crippen MR) is 128 cm³/mol. The Labute approximate surface area is 198 Å². The van der Waals surface area contributed by atoms with Crippen molar-refractivity contribution in [1.82, 2.24) is 9.62 Å². The Morgan fingerprint density at radius 2 is 1.59 bits per heavy atom. The number of hydrogen-bond acceptors (Lipinski definition) is 4. The van der Waals surface area contributed by atoms with E-state index in [0.717, 1.165) is 5.56 Å². The minimum absolute atomic E-state index is 0.0434. The van der Waals surface area contributed by atoms with Gasteiger partial charge in [0, 0.05) is 36.4 Å². The smallest absolute Gasteiger partial charge is 0.255 e. The summed E-state index contributed by atoms with van der Waals surface area (Å²) in [6.45, 7) is 3.70. The molecule has 3 aromatic carbocycles. The summed E-state index contributed by atoms with van der Waals surface area (Å²) < 4.78 is 39.7. The number of benzene rings is 3. The van der Waals surface area contributed by atoms with Crippen LogP contribution in [0.3, 0.4) is 0 Å². The van der Waals surface area contributed by atoms with E-state index in [9.17, 15) is 22.4 Å². The van der Waals surface area contributed by atoms with Crippen molar-refractivity contribution in [1.29, 1.82) is 0 Å². The molecule has 0 bridgehead atoms. The minimum atomic E-state index is -3.71. The van der Waals surface area contributed by atoms with E-state index in [1.54, 1.807) is 44.2 Å². The van der Waals surface area contributed by atoms with Crippen LogP contribution in [0.15, 0.2) is 77.7 Å². The molecule has 0 aromatic heterocycles. The third kappa shape index (κ3) is 6.06. The van der Waals surface area contributed by atoms with E-state index in [1.165, 1.54) is 53.8 Å². The molecular formula is C25H26FN3O4S. The van der Waals surface area contributed by atoms with Gasteiger partial charge in [-0.2, -0.15) is 4.31 Å². The first kappa shape index (κ1) is 25.1. The van der Waals surface area contributed by atoms with Crippen LogP contribution in [-0.4, -0.2) is 37.6 Å². The summed E-state index contributed by atoms with van der Waals surface area (Å²) in [4.78, 5) is 25.0. The van der Waals surface area contributed by atoms with Gasteiger partial charge in [-0.1, -0.05) is 18.2 Å². The van der Waals surface area contributed by atoms with Crippen molar-refractivity contribution in [2.24, 2.45) is 0 Å². The van der Waals surface area contributed by atoms with Crippen molar-refractivity contribution in [3.05, 3.63) is 95.3 Å². The first-order valence-electron chi connectivity index (χ1n) is 10.6. The van der Waals surface area contributed by atoms with Crippen LogP contribution < -0.4 is 10.6 Å². The molecule has 178 valence electrons. The zero-order chi connectivity index (χ0) is 24.9. The van der Waals surface area contributed by atoms with Crippen molar-refractivity contribution in [2.75, 3.05) is 12.4 Å². The first-order valence-corrected chi connectivity index (χ1v) is 12.0. The van der Waals surface area contributed by atoms with Crippen molar-refractivity contribution >= 4 is 27.5 Å². The van der Waals surface area contributed by atoms with Gasteiger partial charge < -0.3 is 10.6 Å². The monoisotopic (exact) mass is 483 g/mol. The molecule has 0 spiro atoms. The summed E-state index contributed by atoms with van der Waals surface area (Å²) >= 11 is 0. The highest BCUT2D eigenvalue weighted by Crippen LogP contribution is 2.18. The average molecular weight is 484 g/mol. The normalized spacial score (nSPS) is 11.5. The SMILES string of the molecule is CC(C)N(C)S(=O)(=O)c1cccc(C(=O)NCc2cccc(NC(=O)c3ccc(F)cc3)c2)c1. The molecule has 0 aliphatic rings. The molecule has 0 saturated heterocycles. The summed E-state index contributed by atoms with van der Waals surface area (Å²) in [5, 5.41) is 5.50. The van der Waals surface area contributed by atoms with Gasteiger partial charge in [0.2, 0.25) is 10.0 Å². The Morgan fingerprint density at radius 1 is 0.912 bits per heavy atom. The molecule has 3 aromatic rings. The molecule has 2 N–H and O–H groups in total. The lowest BCUT2D eigenvalue weighted by atomic mass is 10.1. The summed E-state index contributed by atoms with van der Waals surface area (Å²) in [6, 6.07) is 17.8. The third-order valence-electron chi connectivity index (χ3n) is 5.24. The molecule has 7 nitrogen and oxygen atoms in total. The predicted octanol–water partition coefficient (Wildman–Crippen LogP) is 4.04. The highest BCUT2D eigenvalue weighted by molar-refractivity contribution is 7.89. The lowest BCUT2D eigenvalue weighted by Crippen LogP contribution is -2.33. The lowest BCUT2D eigenvalue weighted by molar-refractivity contribution is 0.0949. The van der Waals surface area contributed by atoms with Gasteiger partial charge in [-0.3, -0.25) is 9.59 Å². The Balaban J connectivity index is 1.66. The van der Waals surface area contributed by atoms with Crippen LogP contribution in [0.2, 0.25) is 0 Å². The van der Waals surface area contributed by atoms with Crippen LogP contribution in [0.5, 0.6) is 0 Å². The molecule has 0 radical (unpaired) electrons. The van der Waals surface area contributed by atoms with Gasteiger partial charge in [-0.05, 0) is 74.0 Å². The van der Waals surface area contributed by atoms with Gasteiger partial charge >= 0.3 is 0 Å². The largest absolute Gasteiger partial charge is 0.348 e. The summed E-state index contributed by atoms with van der Waals surface area (Å²) in [7, 11) is -2.22. The van der Waals surface area contributed by atoms with E-state index in [2.05, 4.69) is 10.6 Å². The van der Waals surface area contributed by atoms with E-state index in [-0.39, 0.29) is 29.0 Å². The fraction of sp³-hybridized carbons (Fsp3) is 0.200. The highest BCUT2D eigenvalue weighted by Gasteiger charge is 2.23. The second-order valence-electron chi connectivity index (χ2n) is 7.99. The van der Waals surface area contributed by atoms with E-state index < -0.39 is 21.7 Å². The molecular weight excluding hydrogens is 457 g/mol. The quantitative estimate of drug-likeness (QED) is 0.506. The molecule has 0 heterocycles. The maximum absolute atomic E-state index is 13.1. The van der Waals surface area contributed by atoms with Gasteiger partial charge in [0.1, 0.15) is 5.82 Å². The molecule has 0 aliphatic heterocycles. The van der Waals surface area contributed by atoms with Gasteiger partial charge in [0.15, 0.2) is 0 Å². The minimum Gasteiger partial charge on any atom is -0.348 e. The second kappa shape index (κ2) is 10.6. The summed E-state index contributed by atoms with van der Waals surface area (Å²) in [5.41, 5.74) is 1.79. The van der Waals surface area contributed by atoms with Crippen LogP contribution in [0.1, 0.15) is 40.1 Å². The Kier molecular flexibility index (Phi) is 7.80. The number of rotatable bonds is 8. The molecule has 34 heavy (non-hydrogen) atoms. The second-order valence-corrected chi connectivity index (χ2v) is 9.98. The Morgan fingerprint density at radius 3 is 2.26 bits per heavy atom. The van der Waals surface area contributed by atoms with E-state index in [1.807, 2.05) is 0 Å². The molecule has 0 saturated carbocycles. The fourth-order valence-corrected chi connectivity index (χ4v) is 4.50. The Bertz CT molecular complexity index is 1290. The van der Waals surface area contributed by atoms with Crippen molar-refractivity contribution in [3.8, 4) is 0 Å². The summed E-state index contributed by atoms with van der Waals surface area (Å²) in [6.07, 6.45) is 0. The fourth-order valence-electron chi connectivity index (χ4n) is 3.09. The maximum Gasteiger partial charge on any atom is 0.255 e. The van der Waals surface area contributed by atoms with Gasteiger partial charge in [-0.25, -0.2) is 12.8 Å². The number of carbonyl (C=O) groups excluding carboxylic acids is 2. The Hall–Kier alpha value is -3.56. The van der Waals surface area contributed by atoms with Crippen LogP contribution in [0, 0.1) is 5.82 Å². The number of hydrogen-bond donors (Lipinski definition) is 2. The number of carbonyl (C=O) groups is 2. The van der Waals surface area contributed by atoms with Crippen molar-refractivity contribution in [2.45, 2.75) is 31.3 Å². The number of sulfonamides is 1. The van der Waals surface area contributed by atoms with Crippen molar-refractivity contribution < 1.29 is 22.4 Å². The van der Waals surface area contributed by atoms with Crippen LogP contribution >= 0.6 is 0 Å². The van der Waals surface area contributed by atoms with E-state index in [0.29, 0.717) is 11.3 Å². The maximum atomic E-state index is 13.1. The standard InChI is InChI=1S/C25H26FN3O4S/c1-17(2)29(3)34(32,33)23-9-5-7-20(15-23)24(30)27-16-18-6-4-8-22(14-18)28-25(31)19-10-12-21(26)13-11-19/h4-15,17H,16H2,1-3H3,(H,27,30)(H,28,31). The number of nitrogens with one attached hydrogen (secondary N) is 2. The van der Waals surface area contributed by atoms with Crippen molar-refractivity contribution in [3.63, 3.8) is 0 Å². The lowest BCUT2D eigenvalue weighted by Gasteiger charge is -2.21. The number of anilines is 1. The zero-order valence-corrected chi connectivity index (χ0v) is 19.9. The van der Waals surface area contributed by atoms with E-state index >= 15 is 0 Å². The molecule has 0 unspecified atom stereocenters. The van der Waals surface area contributed by atoms with Crippen LogP contribution in [0.25, 0.3) is 0 Å². The number of amides is 2. The molecule has 9 heteroatoms. The van der Waals surface area contributed by atoms with Crippen LogP contribution in [0.4, 0.5) is 10.1 Å². The molecule has 2 amide bonds. The number of nitrogens with zero attached hydrogens (tertiary/aromatic N) is 1. The third-order valence-corrected chi connectivity index (χ3v) is 7.27. The van der Waals surface area contributed by atoms with E-state index in [4.69, 9.17) is 0 Å². The molecule has 0 fully saturated rings. The topological polar surface area (TPSA) is 95.6 Å². The number of halogens is 1.